The molecule has 0 saturated heterocycles. The summed E-state index contributed by atoms with van der Waals surface area (Å²) in [5.74, 6) is 0. The predicted molar refractivity (Wildman–Crippen MR) is 22.6 cm³/mol. The first-order valence-electron chi connectivity index (χ1n) is 1.09. The van der Waals surface area contributed by atoms with Gasteiger partial charge in [0.15, 0.2) is 0 Å². The molecule has 0 bridgehead atoms. The van der Waals surface area contributed by atoms with Gasteiger partial charge in [0.2, 0.25) is 0 Å². The first-order valence-corrected chi connectivity index (χ1v) is 1.09. The van der Waals surface area contributed by atoms with Crippen LogP contribution in [0.4, 0.5) is 0 Å². The second-order valence-corrected chi connectivity index (χ2v) is 0.847. The van der Waals surface area contributed by atoms with E-state index in [-0.39, 0.29) is 29.6 Å². The molecule has 0 spiro atoms. The Morgan fingerprint density at radius 2 is 1.40 bits per heavy atom. The van der Waals surface area contributed by atoms with Crippen LogP contribution in [-0.4, -0.2) is 53.9 Å². The van der Waals surface area contributed by atoms with Crippen LogP contribution in [-0.2, 0) is 0 Å². The summed E-state index contributed by atoms with van der Waals surface area (Å²) in [6.07, 6.45) is 0. The van der Waals surface area contributed by atoms with Crippen molar-refractivity contribution in [3.63, 3.8) is 0 Å². The normalized spacial score (nSPS) is 7.20. The third kappa shape index (κ3) is 49.6. The van der Waals surface area contributed by atoms with Crippen LogP contribution in [0.15, 0.2) is 0 Å². The van der Waals surface area contributed by atoms with Crippen LogP contribution in [0.5, 0.6) is 0 Å². The summed E-state index contributed by atoms with van der Waals surface area (Å²) in [7, 11) is 3.11. The second kappa shape index (κ2) is 4.92. The molecule has 2 nitrogen and oxygen atoms in total. The Kier molecular flexibility index (Phi) is 9.18. The van der Waals surface area contributed by atoms with Crippen molar-refractivity contribution >= 4 is 29.6 Å². The summed E-state index contributed by atoms with van der Waals surface area (Å²) < 4.78 is 0. The quantitative estimate of drug-likeness (QED) is 0.310. The Labute approximate surface area is 54.0 Å². The van der Waals surface area contributed by atoms with Crippen molar-refractivity contribution in [2.45, 2.75) is 0 Å². The Morgan fingerprint density at radius 1 is 1.40 bits per heavy atom. The molecule has 5 heavy (non-hydrogen) atoms. The SMILES string of the molecule is CN(C)O.[NaH]. The molecule has 0 fully saturated rings. The first-order chi connectivity index (χ1) is 1.73. The molecule has 0 saturated carbocycles. The number of rotatable bonds is 0. The van der Waals surface area contributed by atoms with Crippen molar-refractivity contribution in [3.05, 3.63) is 0 Å². The summed E-state index contributed by atoms with van der Waals surface area (Å²) in [5.41, 5.74) is 0. The Balaban J connectivity index is 0. The zero-order valence-corrected chi connectivity index (χ0v) is 2.89. The first kappa shape index (κ1) is 9.33. The minimum absolute atomic E-state index is 0. The van der Waals surface area contributed by atoms with Gasteiger partial charge < -0.3 is 5.21 Å². The molecule has 0 rings (SSSR count). The van der Waals surface area contributed by atoms with Crippen LogP contribution in [0.1, 0.15) is 0 Å². The molecule has 3 heteroatoms. The fourth-order valence-electron chi connectivity index (χ4n) is 0. The van der Waals surface area contributed by atoms with E-state index in [0.717, 1.165) is 5.06 Å². The van der Waals surface area contributed by atoms with E-state index in [1.807, 2.05) is 0 Å². The third-order valence-electron chi connectivity index (χ3n) is 0. The Hall–Kier alpha value is 0.920. The molecule has 0 aliphatic carbocycles. The van der Waals surface area contributed by atoms with Crippen LogP contribution >= 0.6 is 0 Å². The molecule has 28 valence electrons. The molecule has 0 aliphatic rings. The van der Waals surface area contributed by atoms with E-state index >= 15 is 0 Å². The van der Waals surface area contributed by atoms with Gasteiger partial charge in [-0.2, -0.15) is 5.06 Å². The van der Waals surface area contributed by atoms with Crippen molar-refractivity contribution in [1.29, 1.82) is 0 Å². The predicted octanol–water partition coefficient (Wildman–Crippen LogP) is -0.711. The van der Waals surface area contributed by atoms with E-state index in [0.29, 0.717) is 0 Å². The fraction of sp³-hybridized carbons (Fsp3) is 1.00. The standard InChI is InChI=1S/C2H7NO.Na.H/c1-3(2)4;;/h4H,1-2H3;;. The zero-order chi connectivity index (χ0) is 3.58. The topological polar surface area (TPSA) is 23.5 Å². The average molecular weight is 85.1 g/mol. The summed E-state index contributed by atoms with van der Waals surface area (Å²) in [6, 6.07) is 0. The van der Waals surface area contributed by atoms with Crippen LogP contribution in [0, 0.1) is 0 Å². The van der Waals surface area contributed by atoms with Crippen molar-refractivity contribution in [2.75, 3.05) is 14.1 Å². The monoisotopic (exact) mass is 85.1 g/mol. The van der Waals surface area contributed by atoms with Crippen LogP contribution < -0.4 is 0 Å². The molecule has 0 atom stereocenters. The van der Waals surface area contributed by atoms with Crippen LogP contribution in [0.2, 0.25) is 0 Å². The third-order valence-corrected chi connectivity index (χ3v) is 0. The second-order valence-electron chi connectivity index (χ2n) is 0.847. The molecular weight excluding hydrogens is 77.0 g/mol. The number of hydrogen-bond donors (Lipinski definition) is 1. The number of hydrogen-bond acceptors (Lipinski definition) is 2. The van der Waals surface area contributed by atoms with Crippen molar-refractivity contribution in [2.24, 2.45) is 0 Å². The van der Waals surface area contributed by atoms with Crippen molar-refractivity contribution in [3.8, 4) is 0 Å². The summed E-state index contributed by atoms with van der Waals surface area (Å²) >= 11 is 0. The van der Waals surface area contributed by atoms with Gasteiger partial charge in [0.25, 0.3) is 0 Å². The van der Waals surface area contributed by atoms with E-state index in [2.05, 4.69) is 0 Å². The van der Waals surface area contributed by atoms with Gasteiger partial charge in [0, 0.05) is 14.1 Å². The van der Waals surface area contributed by atoms with E-state index in [1.165, 1.54) is 0 Å². The van der Waals surface area contributed by atoms with Crippen molar-refractivity contribution < 1.29 is 5.21 Å². The average Bonchev–Trinajstić information content (AvgIpc) is 0.811. The molecule has 0 amide bonds. The molecule has 0 aromatic rings. The Morgan fingerprint density at radius 3 is 1.40 bits per heavy atom. The van der Waals surface area contributed by atoms with Gasteiger partial charge in [-0.1, -0.05) is 0 Å². The van der Waals surface area contributed by atoms with Gasteiger partial charge in [-0.25, -0.2) is 0 Å². The minimum atomic E-state index is 0. The van der Waals surface area contributed by atoms with E-state index in [9.17, 15) is 0 Å². The van der Waals surface area contributed by atoms with Gasteiger partial charge in [-0.05, 0) is 0 Å². The fourth-order valence-corrected chi connectivity index (χ4v) is 0. The molecule has 0 unspecified atom stereocenters. The summed E-state index contributed by atoms with van der Waals surface area (Å²) in [4.78, 5) is 0. The van der Waals surface area contributed by atoms with E-state index < -0.39 is 0 Å². The van der Waals surface area contributed by atoms with Crippen LogP contribution in [0.3, 0.4) is 0 Å². The number of nitrogens with zero attached hydrogens (tertiary/aromatic N) is 1. The summed E-state index contributed by atoms with van der Waals surface area (Å²) in [6.45, 7) is 0. The summed E-state index contributed by atoms with van der Waals surface area (Å²) in [5, 5.41) is 8.89. The maximum absolute atomic E-state index is 7.89. The van der Waals surface area contributed by atoms with Gasteiger partial charge in [-0.3, -0.25) is 0 Å². The zero-order valence-electron chi connectivity index (χ0n) is 2.89. The van der Waals surface area contributed by atoms with Gasteiger partial charge in [0.1, 0.15) is 0 Å². The molecule has 0 heterocycles. The van der Waals surface area contributed by atoms with Crippen LogP contribution in [0.25, 0.3) is 0 Å². The van der Waals surface area contributed by atoms with Gasteiger partial charge in [-0.15, -0.1) is 0 Å². The molecule has 0 radical (unpaired) electrons. The molecule has 0 aliphatic heterocycles. The number of hydroxylamine groups is 2. The van der Waals surface area contributed by atoms with Crippen molar-refractivity contribution in [1.82, 2.24) is 5.06 Å². The molecular formula is C2H8NNaO. The van der Waals surface area contributed by atoms with Gasteiger partial charge >= 0.3 is 29.6 Å². The molecule has 0 aromatic heterocycles. The van der Waals surface area contributed by atoms with E-state index in [4.69, 9.17) is 5.21 Å². The Bertz CT molecular complexity index is 14.4. The van der Waals surface area contributed by atoms with E-state index in [1.54, 1.807) is 14.1 Å². The van der Waals surface area contributed by atoms with Gasteiger partial charge in [0.05, 0.1) is 0 Å². The molecule has 1 N–H and O–H groups in total. The molecule has 0 aromatic carbocycles. The maximum atomic E-state index is 7.89.